The fourth-order valence-electron chi connectivity index (χ4n) is 3.50. The third-order valence-electron chi connectivity index (χ3n) is 4.77. The largest absolute Gasteiger partial charge is 0.450 e. The topological polar surface area (TPSA) is 24.8 Å². The first-order valence-electron chi connectivity index (χ1n) is 7.97. The van der Waals surface area contributed by atoms with E-state index in [4.69, 9.17) is 9.73 Å². The van der Waals surface area contributed by atoms with E-state index in [0.717, 1.165) is 22.5 Å². The number of aliphatic imine (C=N–C) groups is 1. The fourth-order valence-corrected chi connectivity index (χ4v) is 4.81. The SMILES string of the molecule is CC1=Nc2c(ccc3ccccc23)O[C@@]12Sc1ccccc1N2C. The molecule has 0 amide bonds. The zero-order chi connectivity index (χ0) is 16.3. The molecule has 118 valence electrons. The molecule has 0 bridgehead atoms. The molecule has 3 aromatic rings. The molecule has 0 N–H and O–H groups in total. The average Bonchev–Trinajstić information content (AvgIpc) is 2.89. The summed E-state index contributed by atoms with van der Waals surface area (Å²) in [6.45, 7) is 2.06. The summed E-state index contributed by atoms with van der Waals surface area (Å²) < 4.78 is 6.55. The van der Waals surface area contributed by atoms with E-state index in [1.54, 1.807) is 11.8 Å². The fraction of sp³-hybridized carbons (Fsp3) is 0.150. The Morgan fingerprint density at radius 2 is 1.79 bits per heavy atom. The van der Waals surface area contributed by atoms with Crippen molar-refractivity contribution in [1.29, 1.82) is 0 Å². The summed E-state index contributed by atoms with van der Waals surface area (Å²) >= 11 is 1.72. The van der Waals surface area contributed by atoms with Crippen LogP contribution >= 0.6 is 11.8 Å². The standard InChI is InChI=1S/C20H16N2OS/c1-13-20(22(2)16-9-5-6-10-18(16)24-20)23-17-12-11-14-7-3-4-8-15(14)19(17)21-13/h3-12H,1-2H3/t20-/m1/s1. The summed E-state index contributed by atoms with van der Waals surface area (Å²) in [5.74, 6) is 0.839. The van der Waals surface area contributed by atoms with Crippen molar-refractivity contribution in [2.45, 2.75) is 16.9 Å². The Hall–Kier alpha value is -2.46. The van der Waals surface area contributed by atoms with E-state index in [0.29, 0.717) is 0 Å². The first-order valence-corrected chi connectivity index (χ1v) is 8.79. The molecule has 0 aliphatic carbocycles. The molecule has 2 aliphatic rings. The minimum Gasteiger partial charge on any atom is -0.450 e. The first kappa shape index (κ1) is 13.9. The summed E-state index contributed by atoms with van der Waals surface area (Å²) in [6.07, 6.45) is 0. The van der Waals surface area contributed by atoms with Crippen LogP contribution in [-0.2, 0) is 0 Å². The van der Waals surface area contributed by atoms with Crippen LogP contribution in [0.3, 0.4) is 0 Å². The highest BCUT2D eigenvalue weighted by Gasteiger charge is 2.50. The monoisotopic (exact) mass is 332 g/mol. The number of benzene rings is 3. The lowest BCUT2D eigenvalue weighted by molar-refractivity contribution is 0.233. The second-order valence-corrected chi connectivity index (χ2v) is 7.34. The number of ether oxygens (including phenoxy) is 1. The van der Waals surface area contributed by atoms with Crippen LogP contribution in [0.4, 0.5) is 11.4 Å². The van der Waals surface area contributed by atoms with Gasteiger partial charge in [0.1, 0.15) is 11.4 Å². The minimum absolute atomic E-state index is 0.598. The number of para-hydroxylation sites is 1. The lowest BCUT2D eigenvalue weighted by Crippen LogP contribution is -2.52. The summed E-state index contributed by atoms with van der Waals surface area (Å²) in [5, 5.41) is 1.72. The smallest absolute Gasteiger partial charge is 0.275 e. The van der Waals surface area contributed by atoms with Crippen LogP contribution in [0.1, 0.15) is 6.92 Å². The lowest BCUT2D eigenvalue weighted by atomic mass is 10.1. The molecule has 0 radical (unpaired) electrons. The van der Waals surface area contributed by atoms with Crippen LogP contribution < -0.4 is 9.64 Å². The van der Waals surface area contributed by atoms with Gasteiger partial charge in [-0.05, 0) is 42.3 Å². The molecule has 0 saturated heterocycles. The van der Waals surface area contributed by atoms with Crippen molar-refractivity contribution in [3.05, 3.63) is 60.7 Å². The maximum absolute atomic E-state index is 6.55. The van der Waals surface area contributed by atoms with Crippen LogP contribution in [-0.4, -0.2) is 17.8 Å². The molecular weight excluding hydrogens is 316 g/mol. The molecule has 1 atom stereocenters. The Labute approximate surface area is 145 Å². The number of rotatable bonds is 0. The quantitative estimate of drug-likeness (QED) is 0.564. The predicted octanol–water partition coefficient (Wildman–Crippen LogP) is 5.22. The van der Waals surface area contributed by atoms with Gasteiger partial charge in [0.25, 0.3) is 5.06 Å². The summed E-state index contributed by atoms with van der Waals surface area (Å²) in [6, 6.07) is 20.8. The normalized spacial score (nSPS) is 21.4. The third kappa shape index (κ3) is 1.72. The van der Waals surface area contributed by atoms with E-state index >= 15 is 0 Å². The van der Waals surface area contributed by atoms with Crippen molar-refractivity contribution in [1.82, 2.24) is 0 Å². The van der Waals surface area contributed by atoms with Crippen LogP contribution in [0, 0.1) is 0 Å². The Kier molecular flexibility index (Phi) is 2.77. The van der Waals surface area contributed by atoms with Gasteiger partial charge in [-0.15, -0.1) is 0 Å². The molecule has 4 heteroatoms. The molecule has 1 spiro atoms. The summed E-state index contributed by atoms with van der Waals surface area (Å²) in [5.41, 5.74) is 3.08. The van der Waals surface area contributed by atoms with E-state index in [-0.39, 0.29) is 0 Å². The van der Waals surface area contributed by atoms with Crippen molar-refractivity contribution in [3.63, 3.8) is 0 Å². The lowest BCUT2D eigenvalue weighted by Gasteiger charge is -2.39. The molecule has 5 rings (SSSR count). The van der Waals surface area contributed by atoms with Gasteiger partial charge in [0.2, 0.25) is 0 Å². The van der Waals surface area contributed by atoms with E-state index in [1.807, 2.05) is 18.2 Å². The zero-order valence-corrected chi connectivity index (χ0v) is 14.3. The second kappa shape index (κ2) is 4.77. The molecule has 0 fully saturated rings. The highest BCUT2D eigenvalue weighted by atomic mass is 32.2. The van der Waals surface area contributed by atoms with Gasteiger partial charge in [0.05, 0.1) is 11.4 Å². The first-order chi connectivity index (χ1) is 11.7. The molecule has 3 aromatic carbocycles. The van der Waals surface area contributed by atoms with E-state index in [1.165, 1.54) is 16.0 Å². The number of thioether (sulfide) groups is 1. The number of hydrogen-bond donors (Lipinski definition) is 0. The van der Waals surface area contributed by atoms with E-state index < -0.39 is 5.06 Å². The van der Waals surface area contributed by atoms with Gasteiger partial charge in [-0.3, -0.25) is 0 Å². The average molecular weight is 332 g/mol. The van der Waals surface area contributed by atoms with Crippen LogP contribution in [0.25, 0.3) is 10.8 Å². The van der Waals surface area contributed by atoms with Gasteiger partial charge in [-0.2, -0.15) is 0 Å². The van der Waals surface area contributed by atoms with Crippen LogP contribution in [0.15, 0.2) is 70.6 Å². The number of hydrogen-bond acceptors (Lipinski definition) is 4. The number of nitrogens with zero attached hydrogens (tertiary/aromatic N) is 2. The number of fused-ring (bicyclic) bond motifs is 4. The van der Waals surface area contributed by atoms with Gasteiger partial charge in [-0.25, -0.2) is 4.99 Å². The van der Waals surface area contributed by atoms with Crippen LogP contribution in [0.5, 0.6) is 5.75 Å². The maximum atomic E-state index is 6.55. The van der Waals surface area contributed by atoms with Crippen molar-refractivity contribution in [3.8, 4) is 5.75 Å². The van der Waals surface area contributed by atoms with E-state index in [2.05, 4.69) is 61.3 Å². The Morgan fingerprint density at radius 1 is 1.00 bits per heavy atom. The Morgan fingerprint density at radius 3 is 2.67 bits per heavy atom. The Bertz CT molecular complexity index is 1010. The second-order valence-electron chi connectivity index (χ2n) is 6.14. The molecule has 0 aromatic heterocycles. The van der Waals surface area contributed by atoms with Crippen molar-refractivity contribution in [2.24, 2.45) is 4.99 Å². The van der Waals surface area contributed by atoms with Gasteiger partial charge >= 0.3 is 0 Å². The molecule has 0 saturated carbocycles. The molecule has 2 heterocycles. The zero-order valence-electron chi connectivity index (χ0n) is 13.5. The molecule has 3 nitrogen and oxygen atoms in total. The van der Waals surface area contributed by atoms with E-state index in [9.17, 15) is 0 Å². The van der Waals surface area contributed by atoms with Crippen molar-refractivity contribution >= 4 is 39.6 Å². The third-order valence-corrected chi connectivity index (χ3v) is 6.26. The number of anilines is 1. The maximum Gasteiger partial charge on any atom is 0.275 e. The minimum atomic E-state index is -0.598. The van der Waals surface area contributed by atoms with Crippen molar-refractivity contribution < 1.29 is 4.74 Å². The van der Waals surface area contributed by atoms with Gasteiger partial charge in [0.15, 0.2) is 0 Å². The summed E-state index contributed by atoms with van der Waals surface area (Å²) in [7, 11) is 2.07. The Balaban J connectivity index is 1.70. The summed E-state index contributed by atoms with van der Waals surface area (Å²) in [4.78, 5) is 8.38. The van der Waals surface area contributed by atoms with Crippen LogP contribution in [0.2, 0.25) is 0 Å². The predicted molar refractivity (Wildman–Crippen MR) is 101 cm³/mol. The molecule has 0 unspecified atom stereocenters. The highest BCUT2D eigenvalue weighted by molar-refractivity contribution is 8.02. The van der Waals surface area contributed by atoms with Crippen molar-refractivity contribution in [2.75, 3.05) is 11.9 Å². The van der Waals surface area contributed by atoms with Gasteiger partial charge in [0, 0.05) is 17.3 Å². The molecular formula is C20H16N2OS. The van der Waals surface area contributed by atoms with Gasteiger partial charge in [-0.1, -0.05) is 42.5 Å². The molecule has 2 aliphatic heterocycles. The molecule has 24 heavy (non-hydrogen) atoms. The van der Waals surface area contributed by atoms with Gasteiger partial charge < -0.3 is 9.64 Å². The highest BCUT2D eigenvalue weighted by Crippen LogP contribution is 2.54.